The van der Waals surface area contributed by atoms with Crippen LogP contribution in [0, 0.1) is 0 Å². The maximum absolute atomic E-state index is 6.30. The van der Waals surface area contributed by atoms with Gasteiger partial charge in [0.25, 0.3) is 0 Å². The van der Waals surface area contributed by atoms with Crippen LogP contribution in [-0.4, -0.2) is 34.6 Å². The summed E-state index contributed by atoms with van der Waals surface area (Å²) in [5, 5.41) is 5.84. The minimum Gasteiger partial charge on any atom is -0.378 e. The number of nitrogens with zero attached hydrogens (tertiary/aromatic N) is 3. The highest BCUT2D eigenvalue weighted by molar-refractivity contribution is 7.26. The second-order valence-corrected chi connectivity index (χ2v) is 9.03. The first-order chi connectivity index (χ1) is 14.1. The summed E-state index contributed by atoms with van der Waals surface area (Å²) in [5.74, 6) is 0. The Kier molecular flexibility index (Phi) is 6.37. The van der Waals surface area contributed by atoms with E-state index in [1.165, 1.54) is 0 Å². The molecule has 0 aliphatic rings. The Bertz CT molecular complexity index is 1060. The van der Waals surface area contributed by atoms with Gasteiger partial charge in [0.1, 0.15) is 5.01 Å². The number of hydrogen-bond donors (Lipinski definition) is 2. The number of hydrogen-bond acceptors (Lipinski definition) is 8. The van der Waals surface area contributed by atoms with Crippen LogP contribution in [0.25, 0.3) is 20.1 Å². The number of halogens is 1. The summed E-state index contributed by atoms with van der Waals surface area (Å²) in [6.07, 6.45) is 4.35. The Hall–Kier alpha value is -2.10. The number of rotatable bonds is 8. The smallest absolute Gasteiger partial charge is 0.183 e. The fraction of sp³-hybridized carbons (Fsp3) is 0.250. The van der Waals surface area contributed by atoms with Gasteiger partial charge in [-0.25, -0.2) is 9.97 Å². The van der Waals surface area contributed by atoms with Crippen molar-refractivity contribution in [2.45, 2.75) is 19.1 Å². The van der Waals surface area contributed by atoms with E-state index < -0.39 is 0 Å². The van der Waals surface area contributed by atoms with Crippen LogP contribution in [0.4, 0.5) is 5.13 Å². The number of methoxy groups -OCH3 is 1. The Morgan fingerprint density at radius 2 is 2.00 bits per heavy atom. The Labute approximate surface area is 181 Å². The van der Waals surface area contributed by atoms with Crippen molar-refractivity contribution in [1.82, 2.24) is 15.0 Å². The first-order valence-corrected chi connectivity index (χ1v) is 11.1. The van der Waals surface area contributed by atoms with E-state index in [-0.39, 0.29) is 6.04 Å². The van der Waals surface area contributed by atoms with Gasteiger partial charge in [-0.05, 0) is 30.2 Å². The van der Waals surface area contributed by atoms with Crippen molar-refractivity contribution in [3.63, 3.8) is 0 Å². The Morgan fingerprint density at radius 3 is 2.76 bits per heavy atom. The standard InChI is InChI=1S/C20H20ClN5OS2/c1-27-11-16-18(19-25-15-6-7-23-10-17(15)28-19)29-20(26-16)24-9-14(22)8-12-2-4-13(21)5-3-12/h2-7,10,14H,8-9,11,22H2,1H3,(H,24,26). The summed E-state index contributed by atoms with van der Waals surface area (Å²) in [6, 6.07) is 9.65. The van der Waals surface area contributed by atoms with Crippen LogP contribution in [-0.2, 0) is 17.8 Å². The average Bonchev–Trinajstić information content (AvgIpc) is 3.32. The molecule has 0 aliphatic heterocycles. The van der Waals surface area contributed by atoms with E-state index >= 15 is 0 Å². The van der Waals surface area contributed by atoms with Crippen LogP contribution in [0.3, 0.4) is 0 Å². The number of pyridine rings is 1. The minimum absolute atomic E-state index is 0.0390. The molecule has 3 heterocycles. The topological polar surface area (TPSA) is 86.0 Å². The molecule has 0 aliphatic carbocycles. The van der Waals surface area contributed by atoms with E-state index in [2.05, 4.69) is 10.3 Å². The van der Waals surface area contributed by atoms with Gasteiger partial charge in [0.2, 0.25) is 0 Å². The van der Waals surface area contributed by atoms with Gasteiger partial charge in [0.15, 0.2) is 5.13 Å². The average molecular weight is 446 g/mol. The van der Waals surface area contributed by atoms with Crippen molar-refractivity contribution in [3.8, 4) is 9.88 Å². The van der Waals surface area contributed by atoms with Crippen LogP contribution in [0.1, 0.15) is 11.3 Å². The molecule has 1 unspecified atom stereocenters. The number of anilines is 1. The minimum atomic E-state index is -0.0390. The number of aromatic nitrogens is 3. The summed E-state index contributed by atoms with van der Waals surface area (Å²) in [7, 11) is 1.67. The molecule has 0 fully saturated rings. The molecule has 150 valence electrons. The number of nitrogens with one attached hydrogen (secondary N) is 1. The zero-order chi connectivity index (χ0) is 20.2. The number of thiazole rings is 2. The molecule has 0 saturated heterocycles. The fourth-order valence-electron chi connectivity index (χ4n) is 2.92. The third kappa shape index (κ3) is 4.91. The predicted octanol–water partition coefficient (Wildman–Crippen LogP) is 4.60. The molecule has 0 spiro atoms. The highest BCUT2D eigenvalue weighted by Crippen LogP contribution is 2.37. The summed E-state index contributed by atoms with van der Waals surface area (Å²) >= 11 is 9.12. The number of fused-ring (bicyclic) bond motifs is 1. The molecule has 1 aromatic carbocycles. The van der Waals surface area contributed by atoms with E-state index in [4.69, 9.17) is 32.0 Å². The molecule has 0 bridgehead atoms. The van der Waals surface area contributed by atoms with Crippen molar-refractivity contribution in [2.75, 3.05) is 19.0 Å². The second kappa shape index (κ2) is 9.15. The molecule has 0 radical (unpaired) electrons. The van der Waals surface area contributed by atoms with E-state index in [1.807, 2.05) is 36.5 Å². The van der Waals surface area contributed by atoms with Gasteiger partial charge in [0.05, 0.1) is 27.4 Å². The lowest BCUT2D eigenvalue weighted by Crippen LogP contribution is -2.31. The first kappa shape index (κ1) is 20.2. The van der Waals surface area contributed by atoms with Crippen molar-refractivity contribution in [3.05, 3.63) is 59.0 Å². The molecule has 3 aromatic heterocycles. The van der Waals surface area contributed by atoms with Crippen LogP contribution >= 0.6 is 34.3 Å². The van der Waals surface area contributed by atoms with Gasteiger partial charge < -0.3 is 15.8 Å². The summed E-state index contributed by atoms with van der Waals surface area (Å²) in [6.45, 7) is 1.05. The monoisotopic (exact) mass is 445 g/mol. The Balaban J connectivity index is 1.48. The third-order valence-electron chi connectivity index (χ3n) is 4.29. The largest absolute Gasteiger partial charge is 0.378 e. The maximum atomic E-state index is 6.30. The van der Waals surface area contributed by atoms with Crippen molar-refractivity contribution in [2.24, 2.45) is 5.73 Å². The normalized spacial score (nSPS) is 12.4. The quantitative estimate of drug-likeness (QED) is 0.412. The number of ether oxygens (including phenoxy) is 1. The molecular weight excluding hydrogens is 426 g/mol. The third-order valence-corrected chi connectivity index (χ3v) is 6.76. The van der Waals surface area contributed by atoms with E-state index in [0.717, 1.165) is 47.9 Å². The zero-order valence-corrected chi connectivity index (χ0v) is 18.2. The first-order valence-electron chi connectivity index (χ1n) is 9.06. The molecule has 4 aromatic rings. The second-order valence-electron chi connectivity index (χ2n) is 6.56. The molecule has 4 rings (SSSR count). The lowest BCUT2D eigenvalue weighted by Gasteiger charge is -2.12. The van der Waals surface area contributed by atoms with Crippen LogP contribution in [0.5, 0.6) is 0 Å². The summed E-state index contributed by atoms with van der Waals surface area (Å²) in [4.78, 5) is 14.6. The maximum Gasteiger partial charge on any atom is 0.183 e. The van der Waals surface area contributed by atoms with Crippen LogP contribution in [0.15, 0.2) is 42.7 Å². The predicted molar refractivity (Wildman–Crippen MR) is 121 cm³/mol. The molecule has 1 atom stereocenters. The number of nitrogens with two attached hydrogens (primary N) is 1. The summed E-state index contributed by atoms with van der Waals surface area (Å²) < 4.78 is 6.39. The highest BCUT2D eigenvalue weighted by atomic mass is 35.5. The van der Waals surface area contributed by atoms with Gasteiger partial charge >= 0.3 is 0 Å². The van der Waals surface area contributed by atoms with Crippen molar-refractivity contribution >= 4 is 49.6 Å². The lowest BCUT2D eigenvalue weighted by molar-refractivity contribution is 0.182. The van der Waals surface area contributed by atoms with Gasteiger partial charge in [0, 0.05) is 37.1 Å². The van der Waals surface area contributed by atoms with Gasteiger partial charge in [-0.3, -0.25) is 4.98 Å². The molecule has 29 heavy (non-hydrogen) atoms. The SMILES string of the molecule is COCc1nc(NCC(N)Cc2ccc(Cl)cc2)sc1-c1nc2ccncc2s1. The molecule has 0 amide bonds. The van der Waals surface area contributed by atoms with Crippen LogP contribution in [0.2, 0.25) is 5.02 Å². The van der Waals surface area contributed by atoms with Crippen molar-refractivity contribution < 1.29 is 4.74 Å². The van der Waals surface area contributed by atoms with E-state index in [1.54, 1.807) is 36.0 Å². The molecule has 6 nitrogen and oxygen atoms in total. The van der Waals surface area contributed by atoms with E-state index in [9.17, 15) is 0 Å². The summed E-state index contributed by atoms with van der Waals surface area (Å²) in [5.41, 5.74) is 9.27. The van der Waals surface area contributed by atoms with Gasteiger partial charge in [-0.15, -0.1) is 11.3 Å². The molecular formula is C20H20ClN5OS2. The highest BCUT2D eigenvalue weighted by Gasteiger charge is 2.17. The molecule has 0 saturated carbocycles. The van der Waals surface area contributed by atoms with E-state index in [0.29, 0.717) is 13.2 Å². The van der Waals surface area contributed by atoms with Gasteiger partial charge in [-0.1, -0.05) is 35.1 Å². The molecule has 9 heteroatoms. The molecule has 3 N–H and O–H groups in total. The zero-order valence-electron chi connectivity index (χ0n) is 15.8. The van der Waals surface area contributed by atoms with Gasteiger partial charge in [-0.2, -0.15) is 0 Å². The lowest BCUT2D eigenvalue weighted by atomic mass is 10.1. The number of benzene rings is 1. The Morgan fingerprint density at radius 1 is 1.17 bits per heavy atom. The fourth-order valence-corrected chi connectivity index (χ4v) is 5.05. The van der Waals surface area contributed by atoms with Crippen molar-refractivity contribution in [1.29, 1.82) is 0 Å². The van der Waals surface area contributed by atoms with Crippen LogP contribution < -0.4 is 11.1 Å².